The summed E-state index contributed by atoms with van der Waals surface area (Å²) in [7, 11) is -3.02. The molecule has 2 aromatic heterocycles. The molecule has 3 aromatic rings. The molecule has 1 aliphatic rings. The van der Waals surface area contributed by atoms with Crippen molar-refractivity contribution in [3.8, 4) is 10.6 Å². The third-order valence-electron chi connectivity index (χ3n) is 4.62. The third-order valence-corrected chi connectivity index (χ3v) is 7.88. The van der Waals surface area contributed by atoms with E-state index in [-0.39, 0.29) is 17.4 Å². The highest BCUT2D eigenvalue weighted by molar-refractivity contribution is 7.91. The first kappa shape index (κ1) is 19.3. The number of benzene rings is 1. The summed E-state index contributed by atoms with van der Waals surface area (Å²) in [5, 5.41) is 7.38. The lowest BCUT2D eigenvalue weighted by atomic mass is 10.0. The molecule has 1 atom stereocenters. The predicted molar refractivity (Wildman–Crippen MR) is 113 cm³/mol. The fraction of sp³-hybridized carbons (Fsp3) is 0.263. The van der Waals surface area contributed by atoms with Crippen LogP contribution in [0, 0.1) is 0 Å². The molecule has 1 saturated heterocycles. The molecule has 1 amide bonds. The molecule has 0 bridgehead atoms. The van der Waals surface area contributed by atoms with Crippen LogP contribution in [0.15, 0.2) is 53.2 Å². The van der Waals surface area contributed by atoms with Gasteiger partial charge in [0, 0.05) is 18.5 Å². The summed E-state index contributed by atoms with van der Waals surface area (Å²) < 4.78 is 23.6. The molecule has 1 aliphatic heterocycles. The molecule has 0 aliphatic carbocycles. The van der Waals surface area contributed by atoms with Crippen LogP contribution in [0.1, 0.15) is 11.6 Å². The quantitative estimate of drug-likeness (QED) is 0.668. The molecular formula is C19H19N3O3S3. The monoisotopic (exact) mass is 433 g/mol. The summed E-state index contributed by atoms with van der Waals surface area (Å²) in [6, 6.07) is 12.9. The maximum atomic E-state index is 13.1. The lowest BCUT2D eigenvalue weighted by molar-refractivity contribution is -0.121. The van der Waals surface area contributed by atoms with Gasteiger partial charge in [-0.25, -0.2) is 13.4 Å². The van der Waals surface area contributed by atoms with Gasteiger partial charge in [-0.2, -0.15) is 0 Å². The first-order valence-corrected chi connectivity index (χ1v) is 12.4. The lowest BCUT2D eigenvalue weighted by Crippen LogP contribution is -2.46. The van der Waals surface area contributed by atoms with Crippen molar-refractivity contribution < 1.29 is 13.2 Å². The Balaban J connectivity index is 1.55. The molecule has 4 rings (SSSR count). The molecule has 0 saturated carbocycles. The Morgan fingerprint density at radius 2 is 1.82 bits per heavy atom. The average molecular weight is 434 g/mol. The van der Waals surface area contributed by atoms with E-state index in [0.717, 1.165) is 16.1 Å². The van der Waals surface area contributed by atoms with Crippen LogP contribution in [0.4, 0.5) is 5.13 Å². The number of aromatic nitrogens is 1. The van der Waals surface area contributed by atoms with Gasteiger partial charge in [-0.3, -0.25) is 9.69 Å². The Morgan fingerprint density at radius 1 is 1.07 bits per heavy atom. The van der Waals surface area contributed by atoms with Crippen LogP contribution in [0.25, 0.3) is 10.6 Å². The predicted octanol–water partition coefficient (Wildman–Crippen LogP) is 3.28. The number of carbonyl (C=O) groups is 1. The maximum Gasteiger partial charge on any atom is 0.248 e. The van der Waals surface area contributed by atoms with Crippen LogP contribution in [-0.2, 0) is 14.6 Å². The minimum atomic E-state index is -3.02. The van der Waals surface area contributed by atoms with Gasteiger partial charge < -0.3 is 5.32 Å². The summed E-state index contributed by atoms with van der Waals surface area (Å²) in [6.07, 6.45) is 0. The number of hydrogen-bond acceptors (Lipinski definition) is 7. The van der Waals surface area contributed by atoms with Gasteiger partial charge in [0.2, 0.25) is 5.91 Å². The SMILES string of the molecule is O=C(Nc1nc(-c2cccs2)cs1)C(c1ccccc1)N1CCS(=O)(=O)CC1. The van der Waals surface area contributed by atoms with Crippen LogP contribution < -0.4 is 5.32 Å². The van der Waals surface area contributed by atoms with Crippen molar-refractivity contribution in [1.29, 1.82) is 0 Å². The van der Waals surface area contributed by atoms with E-state index in [2.05, 4.69) is 10.3 Å². The van der Waals surface area contributed by atoms with Gasteiger partial charge in [0.25, 0.3) is 0 Å². The average Bonchev–Trinajstić information content (AvgIpc) is 3.36. The van der Waals surface area contributed by atoms with E-state index >= 15 is 0 Å². The van der Waals surface area contributed by atoms with Crippen molar-refractivity contribution in [2.75, 3.05) is 29.9 Å². The molecule has 1 N–H and O–H groups in total. The van der Waals surface area contributed by atoms with Crippen LogP contribution in [-0.4, -0.2) is 48.8 Å². The second-order valence-corrected chi connectivity index (χ2v) is 10.6. The molecule has 28 heavy (non-hydrogen) atoms. The topological polar surface area (TPSA) is 79.4 Å². The van der Waals surface area contributed by atoms with Gasteiger partial charge in [0.1, 0.15) is 6.04 Å². The Bertz CT molecular complexity index is 1030. The lowest BCUT2D eigenvalue weighted by Gasteiger charge is -2.33. The minimum absolute atomic E-state index is 0.0728. The van der Waals surface area contributed by atoms with Crippen molar-refractivity contribution in [3.63, 3.8) is 0 Å². The molecule has 9 heteroatoms. The fourth-order valence-electron chi connectivity index (χ4n) is 3.19. The maximum absolute atomic E-state index is 13.1. The highest BCUT2D eigenvalue weighted by atomic mass is 32.2. The molecule has 146 valence electrons. The van der Waals surface area contributed by atoms with E-state index in [1.54, 1.807) is 11.3 Å². The summed E-state index contributed by atoms with van der Waals surface area (Å²) in [6.45, 7) is 0.682. The number of nitrogens with zero attached hydrogens (tertiary/aromatic N) is 2. The van der Waals surface area contributed by atoms with E-state index in [1.165, 1.54) is 11.3 Å². The van der Waals surface area contributed by atoms with Gasteiger partial charge in [0.15, 0.2) is 15.0 Å². The van der Waals surface area contributed by atoms with Crippen molar-refractivity contribution in [2.24, 2.45) is 0 Å². The largest absolute Gasteiger partial charge is 0.300 e. The number of amides is 1. The molecule has 0 spiro atoms. The Morgan fingerprint density at radius 3 is 2.50 bits per heavy atom. The number of anilines is 1. The first-order valence-electron chi connectivity index (χ1n) is 8.81. The van der Waals surface area contributed by atoms with E-state index in [0.29, 0.717) is 18.2 Å². The number of thiophene rings is 1. The molecule has 3 heterocycles. The van der Waals surface area contributed by atoms with Crippen LogP contribution >= 0.6 is 22.7 Å². The second-order valence-electron chi connectivity index (χ2n) is 6.51. The van der Waals surface area contributed by atoms with Crippen LogP contribution in [0.3, 0.4) is 0 Å². The van der Waals surface area contributed by atoms with Crippen molar-refractivity contribution >= 4 is 43.5 Å². The van der Waals surface area contributed by atoms with Crippen molar-refractivity contribution in [2.45, 2.75) is 6.04 Å². The number of hydrogen-bond donors (Lipinski definition) is 1. The summed E-state index contributed by atoms with van der Waals surface area (Å²) in [5.74, 6) is -0.0511. The molecule has 6 nitrogen and oxygen atoms in total. The normalized spacial score (nSPS) is 17.9. The highest BCUT2D eigenvalue weighted by Gasteiger charge is 2.32. The summed E-state index contributed by atoms with van der Waals surface area (Å²) in [4.78, 5) is 20.6. The van der Waals surface area contributed by atoms with E-state index in [4.69, 9.17) is 0 Å². The molecule has 1 unspecified atom stereocenters. The van der Waals surface area contributed by atoms with E-state index < -0.39 is 15.9 Å². The van der Waals surface area contributed by atoms with E-state index in [9.17, 15) is 13.2 Å². The van der Waals surface area contributed by atoms with Gasteiger partial charge in [-0.15, -0.1) is 22.7 Å². The van der Waals surface area contributed by atoms with Crippen molar-refractivity contribution in [3.05, 3.63) is 58.8 Å². The number of thiazole rings is 1. The number of sulfone groups is 1. The van der Waals surface area contributed by atoms with Crippen LogP contribution in [0.5, 0.6) is 0 Å². The molecule has 1 aromatic carbocycles. The summed E-state index contributed by atoms with van der Waals surface area (Å²) in [5.41, 5.74) is 1.69. The smallest absolute Gasteiger partial charge is 0.248 e. The number of nitrogens with one attached hydrogen (secondary N) is 1. The fourth-order valence-corrected chi connectivity index (χ4v) is 5.89. The highest BCUT2D eigenvalue weighted by Crippen LogP contribution is 2.30. The Labute approximate surface area is 171 Å². The van der Waals surface area contributed by atoms with Crippen LogP contribution in [0.2, 0.25) is 0 Å². The zero-order chi connectivity index (χ0) is 19.6. The standard InChI is InChI=1S/C19H19N3O3S3/c23-18(21-19-20-15(13-27-19)16-7-4-10-26-16)17(14-5-2-1-3-6-14)22-8-11-28(24,25)12-9-22/h1-7,10,13,17H,8-9,11-12H2,(H,20,21,23). The van der Waals surface area contributed by atoms with Gasteiger partial charge in [0.05, 0.1) is 22.1 Å². The summed E-state index contributed by atoms with van der Waals surface area (Å²) >= 11 is 2.98. The number of rotatable bonds is 5. The second kappa shape index (κ2) is 8.12. The van der Waals surface area contributed by atoms with E-state index in [1.807, 2.05) is 58.1 Å². The zero-order valence-corrected chi connectivity index (χ0v) is 17.4. The molecule has 0 radical (unpaired) electrons. The Hall–Kier alpha value is -2.07. The van der Waals surface area contributed by atoms with Crippen molar-refractivity contribution in [1.82, 2.24) is 9.88 Å². The first-order chi connectivity index (χ1) is 13.5. The van der Waals surface area contributed by atoms with Gasteiger partial charge in [-0.1, -0.05) is 36.4 Å². The van der Waals surface area contributed by atoms with Gasteiger partial charge in [-0.05, 0) is 17.0 Å². The number of carbonyl (C=O) groups excluding carboxylic acids is 1. The Kier molecular flexibility index (Phi) is 5.58. The van der Waals surface area contributed by atoms with Gasteiger partial charge >= 0.3 is 0 Å². The minimum Gasteiger partial charge on any atom is -0.300 e. The zero-order valence-electron chi connectivity index (χ0n) is 14.9. The third kappa shape index (κ3) is 4.33. The molecule has 1 fully saturated rings. The molecular weight excluding hydrogens is 414 g/mol.